The summed E-state index contributed by atoms with van der Waals surface area (Å²) in [4.78, 5) is 0. The van der Waals surface area contributed by atoms with E-state index in [4.69, 9.17) is 0 Å². The van der Waals surface area contributed by atoms with Gasteiger partial charge in [-0.05, 0) is 19.3 Å². The normalized spacial score (nSPS) is 13.2. The number of halogens is 2. The van der Waals surface area contributed by atoms with Gasteiger partial charge in [-0.3, -0.25) is 0 Å². The van der Waals surface area contributed by atoms with Crippen molar-refractivity contribution in [3.8, 4) is 0 Å². The van der Waals surface area contributed by atoms with Gasteiger partial charge in [-0.1, -0.05) is 40.5 Å². The minimum Gasteiger partial charge on any atom is -0.207 e. The highest BCUT2D eigenvalue weighted by Gasteiger charge is 2.19. The fraction of sp³-hybridized carbons (Fsp3) is 1.00. The monoisotopic (exact) mass is 194 g/mol. The molecule has 0 amide bonds. The molecule has 0 saturated carbocycles. The van der Waals surface area contributed by atoms with Crippen LogP contribution in [0.5, 0.6) is 0 Å². The van der Waals surface area contributed by atoms with Gasteiger partial charge in [0.15, 0.2) is 0 Å². The molecule has 0 aliphatic rings. The van der Waals surface area contributed by atoms with Gasteiger partial charge in [0.2, 0.25) is 5.92 Å². The number of alkyl halides is 2. The molecular weight excluding hydrogens is 170 g/mol. The van der Waals surface area contributed by atoms with Gasteiger partial charge in [-0.25, -0.2) is 8.78 Å². The first-order valence-electron chi connectivity index (χ1n) is 5.33. The zero-order valence-corrected chi connectivity index (χ0v) is 9.66. The minimum absolute atomic E-state index is 0.0390. The Balaban J connectivity index is 0. The SMILES string of the molecule is CC.CCC(C)CCCC(C)(F)F. The van der Waals surface area contributed by atoms with Crippen LogP contribution in [0.4, 0.5) is 8.78 Å². The first-order chi connectivity index (χ1) is 5.95. The average Bonchev–Trinajstić information content (AvgIpc) is 2.05. The summed E-state index contributed by atoms with van der Waals surface area (Å²) in [5.74, 6) is -1.87. The van der Waals surface area contributed by atoms with E-state index in [0.717, 1.165) is 19.8 Å². The van der Waals surface area contributed by atoms with Crippen molar-refractivity contribution >= 4 is 0 Å². The molecular formula is C11H24F2. The summed E-state index contributed by atoms with van der Waals surface area (Å²) >= 11 is 0. The Bertz CT molecular complexity index is 94.8. The number of hydrogen-bond acceptors (Lipinski definition) is 0. The Morgan fingerprint density at radius 1 is 1.23 bits per heavy atom. The Morgan fingerprint density at radius 3 is 2.00 bits per heavy atom. The molecule has 2 heteroatoms. The van der Waals surface area contributed by atoms with E-state index >= 15 is 0 Å². The van der Waals surface area contributed by atoms with Gasteiger partial charge < -0.3 is 0 Å². The molecule has 0 radical (unpaired) electrons. The molecule has 0 nitrogen and oxygen atoms in total. The summed E-state index contributed by atoms with van der Waals surface area (Å²) in [6.45, 7) is 9.19. The van der Waals surface area contributed by atoms with E-state index in [1.165, 1.54) is 0 Å². The molecule has 0 aromatic carbocycles. The molecule has 0 aromatic rings. The summed E-state index contributed by atoms with van der Waals surface area (Å²) in [7, 11) is 0. The van der Waals surface area contributed by atoms with Crippen molar-refractivity contribution in [1.29, 1.82) is 0 Å². The maximum absolute atomic E-state index is 12.3. The maximum Gasteiger partial charge on any atom is 0.245 e. The molecule has 82 valence electrons. The third-order valence-corrected chi connectivity index (χ3v) is 2.01. The third-order valence-electron chi connectivity index (χ3n) is 2.01. The van der Waals surface area contributed by atoms with Gasteiger partial charge in [-0.2, -0.15) is 0 Å². The van der Waals surface area contributed by atoms with Gasteiger partial charge >= 0.3 is 0 Å². The van der Waals surface area contributed by atoms with Gasteiger partial charge in [-0.15, -0.1) is 0 Å². The topological polar surface area (TPSA) is 0 Å². The van der Waals surface area contributed by atoms with Crippen LogP contribution in [0, 0.1) is 5.92 Å². The molecule has 0 aliphatic heterocycles. The van der Waals surface area contributed by atoms with E-state index in [1.54, 1.807) is 0 Å². The number of hydrogen-bond donors (Lipinski definition) is 0. The van der Waals surface area contributed by atoms with Crippen LogP contribution in [0.1, 0.15) is 60.3 Å². The maximum atomic E-state index is 12.3. The fourth-order valence-corrected chi connectivity index (χ4v) is 0.965. The molecule has 0 spiro atoms. The molecule has 0 fully saturated rings. The van der Waals surface area contributed by atoms with E-state index in [9.17, 15) is 8.78 Å². The van der Waals surface area contributed by atoms with Crippen molar-refractivity contribution in [2.75, 3.05) is 0 Å². The highest BCUT2D eigenvalue weighted by molar-refractivity contribution is 4.59. The first-order valence-corrected chi connectivity index (χ1v) is 5.33. The van der Waals surface area contributed by atoms with Crippen molar-refractivity contribution in [2.24, 2.45) is 5.92 Å². The Morgan fingerprint density at radius 2 is 1.69 bits per heavy atom. The Hall–Kier alpha value is -0.140. The minimum atomic E-state index is -2.46. The molecule has 0 bridgehead atoms. The molecule has 0 saturated heterocycles. The predicted molar refractivity (Wildman–Crippen MR) is 55.3 cm³/mol. The lowest BCUT2D eigenvalue weighted by Gasteiger charge is -2.11. The Labute approximate surface area is 81.7 Å². The summed E-state index contributed by atoms with van der Waals surface area (Å²) in [5, 5.41) is 0. The van der Waals surface area contributed by atoms with Crippen molar-refractivity contribution < 1.29 is 8.78 Å². The van der Waals surface area contributed by atoms with Crippen LogP contribution >= 0.6 is 0 Å². The molecule has 13 heavy (non-hydrogen) atoms. The molecule has 1 unspecified atom stereocenters. The summed E-state index contributed by atoms with van der Waals surface area (Å²) in [6.07, 6.45) is 2.71. The number of rotatable bonds is 5. The van der Waals surface area contributed by atoms with E-state index < -0.39 is 5.92 Å². The highest BCUT2D eigenvalue weighted by Crippen LogP contribution is 2.22. The van der Waals surface area contributed by atoms with E-state index in [-0.39, 0.29) is 6.42 Å². The zero-order valence-electron chi connectivity index (χ0n) is 9.66. The quantitative estimate of drug-likeness (QED) is 0.585. The summed E-state index contributed by atoms with van der Waals surface area (Å²) in [6, 6.07) is 0. The van der Waals surface area contributed by atoms with Crippen molar-refractivity contribution in [1.82, 2.24) is 0 Å². The van der Waals surface area contributed by atoms with Crippen LogP contribution in [0.25, 0.3) is 0 Å². The lowest BCUT2D eigenvalue weighted by atomic mass is 10.0. The van der Waals surface area contributed by atoms with Gasteiger partial charge in [0.05, 0.1) is 0 Å². The standard InChI is InChI=1S/C9H18F2.C2H6/c1-4-8(2)6-5-7-9(3,10)11;1-2/h8H,4-7H2,1-3H3;1-2H3. The van der Waals surface area contributed by atoms with Crippen molar-refractivity contribution in [3.05, 3.63) is 0 Å². The fourth-order valence-electron chi connectivity index (χ4n) is 0.965. The van der Waals surface area contributed by atoms with Gasteiger partial charge in [0.25, 0.3) is 0 Å². The van der Waals surface area contributed by atoms with E-state index in [0.29, 0.717) is 12.3 Å². The summed E-state index contributed by atoms with van der Waals surface area (Å²) < 4.78 is 24.6. The summed E-state index contributed by atoms with van der Waals surface area (Å²) in [5.41, 5.74) is 0. The smallest absolute Gasteiger partial charge is 0.207 e. The molecule has 0 aromatic heterocycles. The molecule has 0 heterocycles. The predicted octanol–water partition coefficient (Wildman–Crippen LogP) is 4.88. The molecule has 1 atom stereocenters. The zero-order chi connectivity index (χ0) is 10.9. The third kappa shape index (κ3) is 14.7. The second-order valence-corrected chi connectivity index (χ2v) is 3.48. The van der Waals surface area contributed by atoms with Crippen LogP contribution in [0.3, 0.4) is 0 Å². The first kappa shape index (κ1) is 15.3. The van der Waals surface area contributed by atoms with Crippen LogP contribution in [-0.4, -0.2) is 5.92 Å². The molecule has 0 rings (SSSR count). The van der Waals surface area contributed by atoms with Gasteiger partial charge in [0, 0.05) is 6.42 Å². The second-order valence-electron chi connectivity index (χ2n) is 3.48. The average molecular weight is 194 g/mol. The van der Waals surface area contributed by atoms with Gasteiger partial charge in [0.1, 0.15) is 0 Å². The van der Waals surface area contributed by atoms with E-state index in [2.05, 4.69) is 13.8 Å². The van der Waals surface area contributed by atoms with Crippen LogP contribution < -0.4 is 0 Å². The van der Waals surface area contributed by atoms with E-state index in [1.807, 2.05) is 13.8 Å². The Kier molecular flexibility index (Phi) is 9.98. The lowest BCUT2D eigenvalue weighted by molar-refractivity contribution is 0.00955. The van der Waals surface area contributed by atoms with Crippen LogP contribution in [0.2, 0.25) is 0 Å². The van der Waals surface area contributed by atoms with Crippen LogP contribution in [0.15, 0.2) is 0 Å². The second kappa shape index (κ2) is 8.46. The molecule has 0 aliphatic carbocycles. The van der Waals surface area contributed by atoms with Crippen molar-refractivity contribution in [2.45, 2.75) is 66.2 Å². The largest absolute Gasteiger partial charge is 0.245 e. The lowest BCUT2D eigenvalue weighted by Crippen LogP contribution is -2.09. The highest BCUT2D eigenvalue weighted by atomic mass is 19.3. The van der Waals surface area contributed by atoms with Crippen LogP contribution in [-0.2, 0) is 0 Å². The molecule has 0 N–H and O–H groups in total. The van der Waals surface area contributed by atoms with Crippen molar-refractivity contribution in [3.63, 3.8) is 0 Å².